The number of hydrogen-bond acceptors (Lipinski definition) is 3. The van der Waals surface area contributed by atoms with Crippen LogP contribution in [0.5, 0.6) is 0 Å². The summed E-state index contributed by atoms with van der Waals surface area (Å²) < 4.78 is 5.94. The van der Waals surface area contributed by atoms with E-state index in [0.29, 0.717) is 13.2 Å². The van der Waals surface area contributed by atoms with E-state index in [0.717, 1.165) is 9.26 Å². The maximum Gasteiger partial charge on any atom is 0.239 e. The van der Waals surface area contributed by atoms with Crippen LogP contribution in [0.25, 0.3) is 0 Å². The van der Waals surface area contributed by atoms with Crippen LogP contribution in [-0.4, -0.2) is 32.7 Å². The highest BCUT2D eigenvalue weighted by Crippen LogP contribution is 2.16. The van der Waals surface area contributed by atoms with Crippen molar-refractivity contribution >= 4 is 34.2 Å². The van der Waals surface area contributed by atoms with Crippen molar-refractivity contribution in [1.29, 1.82) is 0 Å². The Kier molecular flexibility index (Phi) is 6.17. The van der Waals surface area contributed by atoms with Gasteiger partial charge in [0, 0.05) is 22.9 Å². The van der Waals surface area contributed by atoms with Gasteiger partial charge in [-0.25, -0.2) is 0 Å². The van der Waals surface area contributed by atoms with E-state index in [4.69, 9.17) is 4.74 Å². The molecule has 1 aromatic carbocycles. The molecular weight excluding hydrogens is 319 g/mol. The predicted octanol–water partition coefficient (Wildman–Crippen LogP) is 1.47. The van der Waals surface area contributed by atoms with Crippen molar-refractivity contribution in [3.8, 4) is 0 Å². The van der Waals surface area contributed by atoms with E-state index in [1.54, 1.807) is 7.11 Å². The lowest BCUT2D eigenvalue weighted by molar-refractivity contribution is -0.119. The van der Waals surface area contributed by atoms with Crippen molar-refractivity contribution in [2.75, 3.05) is 32.1 Å². The standard InChI is InChI=1S/C11H15IN2O2/c1-16-7-6-13-11(15)8-14-10-5-3-2-4-9(10)12/h2-5,14H,6-8H2,1H3,(H,13,15). The summed E-state index contributed by atoms with van der Waals surface area (Å²) in [6.45, 7) is 1.36. The van der Waals surface area contributed by atoms with Crippen LogP contribution >= 0.6 is 22.6 Å². The Bertz CT molecular complexity index is 345. The zero-order valence-corrected chi connectivity index (χ0v) is 11.3. The number of carbonyl (C=O) groups excluding carboxylic acids is 1. The molecule has 0 fully saturated rings. The number of para-hydroxylation sites is 1. The molecular formula is C11H15IN2O2. The molecule has 0 aliphatic heterocycles. The summed E-state index contributed by atoms with van der Waals surface area (Å²) in [4.78, 5) is 11.4. The van der Waals surface area contributed by atoms with Gasteiger partial charge in [0.25, 0.3) is 0 Å². The van der Waals surface area contributed by atoms with Crippen LogP contribution in [0.2, 0.25) is 0 Å². The largest absolute Gasteiger partial charge is 0.383 e. The monoisotopic (exact) mass is 334 g/mol. The number of methoxy groups -OCH3 is 1. The Hall–Kier alpha value is -0.820. The summed E-state index contributed by atoms with van der Waals surface area (Å²) >= 11 is 2.23. The summed E-state index contributed by atoms with van der Waals surface area (Å²) in [5.41, 5.74) is 0.977. The van der Waals surface area contributed by atoms with Gasteiger partial charge in [0.1, 0.15) is 0 Å². The van der Waals surface area contributed by atoms with Gasteiger partial charge in [0.05, 0.1) is 13.2 Å². The number of anilines is 1. The van der Waals surface area contributed by atoms with Crippen molar-refractivity contribution < 1.29 is 9.53 Å². The van der Waals surface area contributed by atoms with E-state index in [-0.39, 0.29) is 12.5 Å². The number of benzene rings is 1. The molecule has 1 rings (SSSR count). The Morgan fingerprint density at radius 2 is 2.19 bits per heavy atom. The van der Waals surface area contributed by atoms with Crippen LogP contribution in [0, 0.1) is 3.57 Å². The summed E-state index contributed by atoms with van der Waals surface area (Å²) in [6, 6.07) is 7.84. The molecule has 0 saturated heterocycles. The molecule has 0 bridgehead atoms. The van der Waals surface area contributed by atoms with Gasteiger partial charge in [-0.05, 0) is 34.7 Å². The summed E-state index contributed by atoms with van der Waals surface area (Å²) in [5, 5.41) is 5.82. The Labute approximate surface area is 109 Å². The molecule has 4 nitrogen and oxygen atoms in total. The first-order valence-electron chi connectivity index (χ1n) is 4.98. The van der Waals surface area contributed by atoms with Crippen molar-refractivity contribution in [3.63, 3.8) is 0 Å². The van der Waals surface area contributed by atoms with Crippen LogP contribution in [0.4, 0.5) is 5.69 Å². The molecule has 0 aromatic heterocycles. The zero-order valence-electron chi connectivity index (χ0n) is 9.13. The van der Waals surface area contributed by atoms with E-state index in [1.165, 1.54) is 0 Å². The highest BCUT2D eigenvalue weighted by molar-refractivity contribution is 14.1. The molecule has 0 unspecified atom stereocenters. The molecule has 0 aliphatic rings. The molecule has 0 saturated carbocycles. The fourth-order valence-electron chi connectivity index (χ4n) is 1.14. The summed E-state index contributed by atoms with van der Waals surface area (Å²) in [5.74, 6) is -0.0308. The predicted molar refractivity (Wildman–Crippen MR) is 72.5 cm³/mol. The second-order valence-corrected chi connectivity index (χ2v) is 4.34. The average molecular weight is 334 g/mol. The number of ether oxygens (including phenoxy) is 1. The fourth-order valence-corrected chi connectivity index (χ4v) is 1.71. The van der Waals surface area contributed by atoms with Gasteiger partial charge in [0.2, 0.25) is 5.91 Å². The van der Waals surface area contributed by atoms with Crippen LogP contribution < -0.4 is 10.6 Å². The van der Waals surface area contributed by atoms with E-state index in [9.17, 15) is 4.79 Å². The van der Waals surface area contributed by atoms with Crippen LogP contribution in [0.15, 0.2) is 24.3 Å². The third kappa shape index (κ3) is 4.80. The Balaban J connectivity index is 2.29. The molecule has 5 heteroatoms. The van der Waals surface area contributed by atoms with Gasteiger partial charge in [-0.1, -0.05) is 12.1 Å². The number of carbonyl (C=O) groups is 1. The van der Waals surface area contributed by atoms with E-state index < -0.39 is 0 Å². The topological polar surface area (TPSA) is 50.4 Å². The summed E-state index contributed by atoms with van der Waals surface area (Å²) in [7, 11) is 1.61. The third-order valence-corrected chi connectivity index (χ3v) is 2.88. The number of nitrogens with one attached hydrogen (secondary N) is 2. The minimum Gasteiger partial charge on any atom is -0.383 e. The van der Waals surface area contributed by atoms with Crippen LogP contribution in [0.3, 0.4) is 0 Å². The lowest BCUT2D eigenvalue weighted by Gasteiger charge is -2.08. The van der Waals surface area contributed by atoms with Gasteiger partial charge in [-0.3, -0.25) is 4.79 Å². The fraction of sp³-hybridized carbons (Fsp3) is 0.364. The molecule has 2 N–H and O–H groups in total. The number of amides is 1. The van der Waals surface area contributed by atoms with Crippen molar-refractivity contribution in [2.24, 2.45) is 0 Å². The van der Waals surface area contributed by atoms with Gasteiger partial charge < -0.3 is 15.4 Å². The van der Waals surface area contributed by atoms with Gasteiger partial charge in [-0.2, -0.15) is 0 Å². The number of halogens is 1. The first-order valence-corrected chi connectivity index (χ1v) is 6.06. The molecule has 88 valence electrons. The Morgan fingerprint density at radius 1 is 1.44 bits per heavy atom. The first kappa shape index (κ1) is 13.2. The van der Waals surface area contributed by atoms with Crippen molar-refractivity contribution in [2.45, 2.75) is 0 Å². The van der Waals surface area contributed by atoms with E-state index in [2.05, 4.69) is 33.2 Å². The lowest BCUT2D eigenvalue weighted by atomic mass is 10.3. The zero-order chi connectivity index (χ0) is 11.8. The third-order valence-electron chi connectivity index (χ3n) is 1.94. The Morgan fingerprint density at radius 3 is 2.88 bits per heavy atom. The average Bonchev–Trinajstić information content (AvgIpc) is 2.28. The highest BCUT2D eigenvalue weighted by Gasteiger charge is 2.01. The van der Waals surface area contributed by atoms with Crippen LogP contribution in [-0.2, 0) is 9.53 Å². The molecule has 0 radical (unpaired) electrons. The SMILES string of the molecule is COCCNC(=O)CNc1ccccc1I. The van der Waals surface area contributed by atoms with Crippen LogP contribution in [0.1, 0.15) is 0 Å². The molecule has 0 aliphatic carbocycles. The maximum absolute atomic E-state index is 11.4. The van der Waals surface area contributed by atoms with Crippen molar-refractivity contribution in [1.82, 2.24) is 5.32 Å². The molecule has 1 amide bonds. The second-order valence-electron chi connectivity index (χ2n) is 3.18. The van der Waals surface area contributed by atoms with E-state index in [1.807, 2.05) is 24.3 Å². The van der Waals surface area contributed by atoms with Crippen molar-refractivity contribution in [3.05, 3.63) is 27.8 Å². The number of rotatable bonds is 6. The normalized spacial score (nSPS) is 9.88. The quantitative estimate of drug-likeness (QED) is 0.612. The molecule has 1 aromatic rings. The number of hydrogen-bond donors (Lipinski definition) is 2. The second kappa shape index (κ2) is 7.45. The minimum atomic E-state index is -0.0308. The first-order chi connectivity index (χ1) is 7.74. The summed E-state index contributed by atoms with van der Waals surface area (Å²) in [6.07, 6.45) is 0. The lowest BCUT2D eigenvalue weighted by Crippen LogP contribution is -2.32. The highest BCUT2D eigenvalue weighted by atomic mass is 127. The molecule has 0 spiro atoms. The van der Waals surface area contributed by atoms with E-state index >= 15 is 0 Å². The van der Waals surface area contributed by atoms with Gasteiger partial charge in [-0.15, -0.1) is 0 Å². The minimum absolute atomic E-state index is 0.0308. The van der Waals surface area contributed by atoms with Gasteiger partial charge in [0.15, 0.2) is 0 Å². The maximum atomic E-state index is 11.4. The smallest absolute Gasteiger partial charge is 0.239 e. The van der Waals surface area contributed by atoms with Gasteiger partial charge >= 0.3 is 0 Å². The molecule has 0 heterocycles. The molecule has 16 heavy (non-hydrogen) atoms. The molecule has 0 atom stereocenters.